The van der Waals surface area contributed by atoms with E-state index in [4.69, 9.17) is 34.4 Å². The number of benzene rings is 1. The number of carbonyl (C=O) groups is 2. The number of nitrogens with zero attached hydrogens (tertiary/aromatic N) is 4. The Labute approximate surface area is 178 Å². The van der Waals surface area contributed by atoms with Crippen LogP contribution in [0.25, 0.3) is 0 Å². The normalized spacial score (nSPS) is 17.0. The summed E-state index contributed by atoms with van der Waals surface area (Å²) in [5.74, 6) is -0.592. The summed E-state index contributed by atoms with van der Waals surface area (Å²) >= 11 is 11.1. The number of hydrogen-bond donors (Lipinski definition) is 1. The quantitative estimate of drug-likeness (QED) is 0.570. The Hall–Kier alpha value is -2.91. The van der Waals surface area contributed by atoms with Crippen molar-refractivity contribution in [1.29, 1.82) is 0 Å². The van der Waals surface area contributed by atoms with Gasteiger partial charge in [-0.15, -0.1) is 0 Å². The molecule has 1 unspecified atom stereocenters. The van der Waals surface area contributed by atoms with Gasteiger partial charge in [0.05, 0.1) is 30.2 Å². The van der Waals surface area contributed by atoms with Crippen molar-refractivity contribution in [3.05, 3.63) is 64.8 Å². The van der Waals surface area contributed by atoms with Gasteiger partial charge in [-0.05, 0) is 29.4 Å². The number of nitrogens with two attached hydrogens (primary N) is 1. The molecule has 0 bridgehead atoms. The number of carbonyl (C=O) groups excluding carboxylic acids is 2. The third-order valence-corrected chi connectivity index (χ3v) is 5.06. The zero-order valence-corrected chi connectivity index (χ0v) is 17.8. The first-order chi connectivity index (χ1) is 13.7. The van der Waals surface area contributed by atoms with Crippen LogP contribution in [-0.2, 0) is 11.8 Å². The van der Waals surface area contributed by atoms with Gasteiger partial charge < -0.3 is 15.5 Å². The number of hydrogen-bond acceptors (Lipinski definition) is 4. The average molecular weight is 435 g/mol. The van der Waals surface area contributed by atoms with E-state index in [0.29, 0.717) is 21.9 Å². The molecule has 2 aromatic rings. The van der Waals surface area contributed by atoms with Crippen LogP contribution in [0.5, 0.6) is 0 Å². The number of urea groups is 1. The fourth-order valence-corrected chi connectivity index (χ4v) is 3.45. The van der Waals surface area contributed by atoms with Gasteiger partial charge in [-0.25, -0.2) is 14.2 Å². The molecule has 1 aromatic heterocycles. The molecule has 0 fully saturated rings. The van der Waals surface area contributed by atoms with Crippen LogP contribution in [0.15, 0.2) is 54.3 Å². The number of rotatable bonds is 5. The van der Waals surface area contributed by atoms with Crippen molar-refractivity contribution >= 4 is 40.8 Å². The molecule has 2 amide bonds. The summed E-state index contributed by atoms with van der Waals surface area (Å²) in [4.78, 5) is 34.6. The lowest BCUT2D eigenvalue weighted by Gasteiger charge is -2.41. The molecule has 2 heterocycles. The molecule has 0 saturated heterocycles. The van der Waals surface area contributed by atoms with Crippen molar-refractivity contribution in [1.82, 2.24) is 14.5 Å². The van der Waals surface area contributed by atoms with Crippen molar-refractivity contribution < 1.29 is 19.0 Å². The number of imidazole rings is 1. The van der Waals surface area contributed by atoms with Gasteiger partial charge >= 0.3 is 12.0 Å². The number of halogens is 1. The molecule has 0 spiro atoms. The minimum Gasteiger partial charge on any atom is -0.392 e. The van der Waals surface area contributed by atoms with Crippen LogP contribution < -0.4 is 15.1 Å². The second kappa shape index (κ2) is 8.22. The first-order valence-corrected chi connectivity index (χ1v) is 9.52. The average Bonchev–Trinajstić information content (AvgIpc) is 3.07. The molecule has 1 aromatic carbocycles. The summed E-state index contributed by atoms with van der Waals surface area (Å²) in [6.07, 6.45) is 4.95. The van der Waals surface area contributed by atoms with Gasteiger partial charge in [-0.1, -0.05) is 36.0 Å². The lowest BCUT2D eigenvalue weighted by Crippen LogP contribution is -2.52. The predicted octanol–water partition coefficient (Wildman–Crippen LogP) is 1.59. The maximum Gasteiger partial charge on any atom is 0.388 e. The van der Waals surface area contributed by atoms with E-state index in [9.17, 15) is 9.59 Å². The van der Waals surface area contributed by atoms with Crippen molar-refractivity contribution in [2.45, 2.75) is 13.0 Å². The van der Waals surface area contributed by atoms with Crippen LogP contribution in [0, 0.1) is 0 Å². The monoisotopic (exact) mass is 434 g/mol. The number of thiocarbonyl (C=S) groups is 1. The van der Waals surface area contributed by atoms with Crippen LogP contribution in [0.1, 0.15) is 18.5 Å². The van der Waals surface area contributed by atoms with Gasteiger partial charge in [0, 0.05) is 17.8 Å². The molecule has 0 aliphatic carbocycles. The van der Waals surface area contributed by atoms with E-state index in [1.54, 1.807) is 61.5 Å². The molecule has 0 saturated carbocycles. The molecule has 1 atom stereocenters. The summed E-state index contributed by atoms with van der Waals surface area (Å²) < 4.78 is 3.04. The van der Waals surface area contributed by atoms with E-state index in [1.807, 2.05) is 7.05 Å². The zero-order valence-electron chi connectivity index (χ0n) is 16.2. The number of aryl methyl sites for hydroxylation is 1. The highest BCUT2D eigenvalue weighted by Gasteiger charge is 2.42. The van der Waals surface area contributed by atoms with E-state index in [1.165, 1.54) is 14.5 Å². The first kappa shape index (κ1) is 20.8. The molecule has 29 heavy (non-hydrogen) atoms. The molecule has 0 radical (unpaired) electrons. The van der Waals surface area contributed by atoms with Crippen LogP contribution in [-0.4, -0.2) is 45.1 Å². The van der Waals surface area contributed by atoms with Gasteiger partial charge in [0.15, 0.2) is 6.20 Å². The van der Waals surface area contributed by atoms with E-state index >= 15 is 0 Å². The van der Waals surface area contributed by atoms with Gasteiger partial charge in [-0.3, -0.25) is 4.84 Å². The molecule has 1 aliphatic rings. The summed E-state index contributed by atoms with van der Waals surface area (Å²) in [5.41, 5.74) is 7.22. The molecule has 8 nitrogen and oxygen atoms in total. The summed E-state index contributed by atoms with van der Waals surface area (Å²) in [7, 11) is 3.40. The first-order valence-electron chi connectivity index (χ1n) is 8.73. The lowest BCUT2D eigenvalue weighted by molar-refractivity contribution is -0.671. The van der Waals surface area contributed by atoms with Crippen molar-refractivity contribution in [3.63, 3.8) is 0 Å². The Balaban J connectivity index is 2.10. The fraction of sp³-hybridized carbons (Fsp3) is 0.263. The predicted molar refractivity (Wildman–Crippen MR) is 111 cm³/mol. The van der Waals surface area contributed by atoms with E-state index in [-0.39, 0.29) is 17.6 Å². The van der Waals surface area contributed by atoms with Crippen LogP contribution in [0.2, 0.25) is 5.02 Å². The van der Waals surface area contributed by atoms with E-state index in [2.05, 4.69) is 0 Å². The Bertz CT molecular complexity index is 1000. The largest absolute Gasteiger partial charge is 0.392 e. The minimum absolute atomic E-state index is 0.00827. The summed E-state index contributed by atoms with van der Waals surface area (Å²) in [6.45, 7) is 1.71. The lowest BCUT2D eigenvalue weighted by atomic mass is 9.93. The van der Waals surface area contributed by atoms with Crippen LogP contribution in [0.3, 0.4) is 0 Å². The fourth-order valence-electron chi connectivity index (χ4n) is 3.19. The SMILES string of the molecule is CC1=C(C(=O)On2cc[n+](C)c2)C(c2ccc(Cl)cc2)N(CC(N)=S)C(=O)N1C. The summed E-state index contributed by atoms with van der Waals surface area (Å²) in [5, 5.41) is 0.540. The number of amides is 2. The number of aromatic nitrogens is 2. The second-order valence-electron chi connectivity index (χ2n) is 6.71. The molecule has 10 heteroatoms. The Morgan fingerprint density at radius 3 is 2.55 bits per heavy atom. The molecular formula is C19H21ClN5O3S+. The third-order valence-electron chi connectivity index (χ3n) is 4.68. The minimum atomic E-state index is -0.728. The topological polar surface area (TPSA) is 84.7 Å². The van der Waals surface area contributed by atoms with Gasteiger partial charge in [-0.2, -0.15) is 0 Å². The van der Waals surface area contributed by atoms with Crippen LogP contribution >= 0.6 is 23.8 Å². The molecule has 152 valence electrons. The maximum atomic E-state index is 13.2. The highest BCUT2D eigenvalue weighted by Crippen LogP contribution is 2.37. The Morgan fingerprint density at radius 2 is 2.00 bits per heavy atom. The number of allylic oxidation sites excluding steroid dienone is 1. The Kier molecular flexibility index (Phi) is 5.90. The third kappa shape index (κ3) is 4.25. The smallest absolute Gasteiger partial charge is 0.388 e. The zero-order chi connectivity index (χ0) is 21.3. The van der Waals surface area contributed by atoms with Crippen molar-refractivity contribution in [2.75, 3.05) is 13.6 Å². The van der Waals surface area contributed by atoms with Crippen molar-refractivity contribution in [3.8, 4) is 0 Å². The second-order valence-corrected chi connectivity index (χ2v) is 7.67. The molecule has 2 N–H and O–H groups in total. The standard InChI is InChI=1S/C19H20ClN5O3S/c1-12-16(18(26)28-24-9-8-22(2)11-24)17(13-4-6-14(20)7-5-13)25(10-15(21)29)19(27)23(12)3/h4-9,11,17H,10H2,1-3H3,(H-,21,29)/p+1. The summed E-state index contributed by atoms with van der Waals surface area (Å²) in [6, 6.07) is 5.86. The van der Waals surface area contributed by atoms with Gasteiger partial charge in [0.2, 0.25) is 0 Å². The van der Waals surface area contributed by atoms with Gasteiger partial charge in [0.25, 0.3) is 6.33 Å². The van der Waals surface area contributed by atoms with Crippen LogP contribution in [0.4, 0.5) is 4.79 Å². The molecule has 1 aliphatic heterocycles. The Morgan fingerprint density at radius 1 is 1.34 bits per heavy atom. The van der Waals surface area contributed by atoms with E-state index < -0.39 is 12.0 Å². The van der Waals surface area contributed by atoms with Gasteiger partial charge in [0.1, 0.15) is 6.20 Å². The highest BCUT2D eigenvalue weighted by molar-refractivity contribution is 7.80. The molecule has 3 rings (SSSR count). The molecular weight excluding hydrogens is 414 g/mol. The van der Waals surface area contributed by atoms with Crippen molar-refractivity contribution in [2.24, 2.45) is 12.8 Å². The maximum absolute atomic E-state index is 13.2. The highest BCUT2D eigenvalue weighted by atomic mass is 35.5. The van der Waals surface area contributed by atoms with E-state index in [0.717, 1.165) is 0 Å².